The maximum Gasteiger partial charge on any atom is 0.573 e. The van der Waals surface area contributed by atoms with Crippen LogP contribution in [-0.2, 0) is 55.1 Å². The number of carbonyl (C=O) groups excluding carboxylic acids is 2. The van der Waals surface area contributed by atoms with E-state index in [1.54, 1.807) is 16.0 Å². The van der Waals surface area contributed by atoms with Crippen LogP contribution in [0.1, 0.15) is 71.4 Å². The number of hydrogen-bond acceptors (Lipinski definition) is 18. The number of aromatic nitrogens is 6. The van der Waals surface area contributed by atoms with E-state index in [4.69, 9.17) is 11.6 Å². The molecule has 0 bridgehead atoms. The first-order valence-electron chi connectivity index (χ1n) is 28.1. The number of nitrogens with one attached hydrogen (secondary N) is 2. The Morgan fingerprint density at radius 3 is 1.39 bits per heavy atom. The van der Waals surface area contributed by atoms with Crippen molar-refractivity contribution in [2.75, 3.05) is 49.1 Å². The van der Waals surface area contributed by atoms with Gasteiger partial charge >= 0.3 is 25.1 Å². The van der Waals surface area contributed by atoms with Gasteiger partial charge in [0.05, 0.1) is 31.8 Å². The van der Waals surface area contributed by atoms with Crippen LogP contribution in [0.3, 0.4) is 0 Å². The molecule has 4 fully saturated rings. The number of rotatable bonds is 16. The summed E-state index contributed by atoms with van der Waals surface area (Å²) in [6.07, 6.45) is -14.2. The number of anilines is 2. The van der Waals surface area contributed by atoms with E-state index >= 15 is 0 Å². The predicted molar refractivity (Wildman–Crippen MR) is 312 cm³/mol. The van der Waals surface area contributed by atoms with Gasteiger partial charge in [0.15, 0.2) is 49.8 Å². The molecule has 95 heavy (non-hydrogen) atoms. The second-order valence-electron chi connectivity index (χ2n) is 21.7. The number of thiazole rings is 2. The van der Waals surface area contributed by atoms with Crippen molar-refractivity contribution in [1.82, 2.24) is 49.1 Å². The number of piperazine rings is 2. The highest BCUT2D eigenvalue weighted by Crippen LogP contribution is 2.43. The molecule has 2 aliphatic heterocycles. The molecule has 20 nitrogen and oxygen atoms in total. The summed E-state index contributed by atoms with van der Waals surface area (Å²) in [6, 6.07) is 7.81. The van der Waals surface area contributed by atoms with Crippen molar-refractivity contribution in [3.63, 3.8) is 0 Å². The van der Waals surface area contributed by atoms with Crippen LogP contribution >= 0.6 is 34.3 Å². The van der Waals surface area contributed by atoms with Crippen LogP contribution in [0.2, 0.25) is 5.15 Å². The molecule has 4 aromatic heterocycles. The van der Waals surface area contributed by atoms with Gasteiger partial charge in [-0.05, 0) is 110 Å². The van der Waals surface area contributed by atoms with Crippen molar-refractivity contribution < 1.29 is 97.4 Å². The van der Waals surface area contributed by atoms with E-state index in [2.05, 4.69) is 50.0 Å². The summed E-state index contributed by atoms with van der Waals surface area (Å²) < 4.78 is 247. The van der Waals surface area contributed by atoms with Gasteiger partial charge in [-0.1, -0.05) is 46.4 Å². The summed E-state index contributed by atoms with van der Waals surface area (Å²) in [5, 5.41) is 5.95. The Labute approximate surface area is 541 Å². The molecule has 2 atom stereocenters. The Morgan fingerprint density at radius 1 is 0.547 bits per heavy atom. The van der Waals surface area contributed by atoms with E-state index in [9.17, 15) is 87.9 Å². The van der Waals surface area contributed by atoms with Gasteiger partial charge in [-0.3, -0.25) is 9.59 Å². The lowest BCUT2D eigenvalue weighted by molar-refractivity contribution is -0.276. The zero-order valence-electron chi connectivity index (χ0n) is 48.0. The maximum absolute atomic E-state index is 14.3. The number of alkyl halides is 12. The molecular weight excluding hydrogens is 1400 g/mol. The summed E-state index contributed by atoms with van der Waals surface area (Å²) in [7, 11) is -9.05. The molecule has 0 unspecified atom stereocenters. The average Bonchev–Trinajstić information content (AvgIpc) is 1.74. The molecule has 506 valence electrons. The minimum atomic E-state index is -5.13. The summed E-state index contributed by atoms with van der Waals surface area (Å²) in [5.74, 6) is -4.88. The topological polar surface area (TPSA) is 235 Å². The summed E-state index contributed by atoms with van der Waals surface area (Å²) in [5.41, 5.74) is -1.27. The van der Waals surface area contributed by atoms with Gasteiger partial charge in [0, 0.05) is 64.2 Å². The Kier molecular flexibility index (Phi) is 18.9. The van der Waals surface area contributed by atoms with Crippen LogP contribution in [0.15, 0.2) is 101 Å². The molecule has 2 aliphatic carbocycles. The van der Waals surface area contributed by atoms with Crippen molar-refractivity contribution in [3.05, 3.63) is 142 Å². The summed E-state index contributed by atoms with van der Waals surface area (Å²) in [4.78, 5) is 56.3. The Hall–Kier alpha value is -7.91. The lowest BCUT2D eigenvalue weighted by Crippen LogP contribution is -2.60. The third-order valence-corrected chi connectivity index (χ3v) is 21.4. The van der Waals surface area contributed by atoms with Crippen LogP contribution in [0.25, 0.3) is 20.7 Å². The molecule has 39 heteroatoms. The minimum absolute atomic E-state index is 0.0237. The SMILES string of the molecule is O=C(NCc1ccc(OC(F)(F)F)c(F)c1)[C@H]1CN(c2nc3nc(C4CC4)nc(Cl)c3s2)CCN1S(=O)(=O)c1ccc(C(F)(F)F)cc1.O=C(NCc1ccc(OC(F)(F)F)c(F)c1)[C@H]1CN(c2nc3nc(C4CC4)ncc3s2)CCN1S(=O)(=O)c1ccc(C(F)(F)F)cc1. The molecule has 6 heterocycles. The molecule has 2 amide bonds. The number of sulfonamides is 2. The number of hydrogen-bond donors (Lipinski definition) is 2. The van der Waals surface area contributed by atoms with Gasteiger partial charge in [0.25, 0.3) is 0 Å². The van der Waals surface area contributed by atoms with Crippen LogP contribution in [0.4, 0.5) is 71.7 Å². The van der Waals surface area contributed by atoms with E-state index in [0.29, 0.717) is 72.9 Å². The van der Waals surface area contributed by atoms with Gasteiger partial charge < -0.3 is 29.9 Å². The molecule has 2 N–H and O–H groups in total. The number of amides is 2. The van der Waals surface area contributed by atoms with Gasteiger partial charge in [0.2, 0.25) is 31.9 Å². The third-order valence-electron chi connectivity index (χ3n) is 15.0. The number of halogens is 15. The van der Waals surface area contributed by atoms with E-state index in [1.807, 2.05) is 0 Å². The normalized spacial score (nSPS) is 18.0. The van der Waals surface area contributed by atoms with Crippen molar-refractivity contribution in [1.29, 1.82) is 0 Å². The first-order valence-corrected chi connectivity index (χ1v) is 33.0. The van der Waals surface area contributed by atoms with E-state index in [0.717, 1.165) is 100 Å². The lowest BCUT2D eigenvalue weighted by Gasteiger charge is -2.39. The Balaban J connectivity index is 0.000000193. The van der Waals surface area contributed by atoms with Crippen LogP contribution in [0, 0.1) is 11.6 Å². The van der Waals surface area contributed by atoms with Crippen molar-refractivity contribution in [2.45, 2.75) is 97.6 Å². The van der Waals surface area contributed by atoms with E-state index in [-0.39, 0.29) is 67.4 Å². The third kappa shape index (κ3) is 16.0. The average molecular weight is 1440 g/mol. The molecule has 0 spiro atoms. The van der Waals surface area contributed by atoms with Crippen molar-refractivity contribution in [2.24, 2.45) is 0 Å². The molecule has 4 aliphatic rings. The Morgan fingerprint density at radius 2 is 0.968 bits per heavy atom. The van der Waals surface area contributed by atoms with Crippen molar-refractivity contribution >= 4 is 97.1 Å². The molecule has 4 aromatic carbocycles. The van der Waals surface area contributed by atoms with Gasteiger partial charge in [-0.15, -0.1) is 26.3 Å². The highest BCUT2D eigenvalue weighted by atomic mass is 35.5. The fourth-order valence-electron chi connectivity index (χ4n) is 9.99. The van der Waals surface area contributed by atoms with E-state index in [1.165, 1.54) is 11.3 Å². The maximum atomic E-state index is 14.3. The highest BCUT2D eigenvalue weighted by molar-refractivity contribution is 7.89. The van der Waals surface area contributed by atoms with Crippen LogP contribution in [0.5, 0.6) is 11.5 Å². The number of fused-ring (bicyclic) bond motifs is 2. The smallest absolute Gasteiger partial charge is 0.403 e. The largest absolute Gasteiger partial charge is 0.573 e. The second kappa shape index (κ2) is 26.3. The molecule has 2 saturated carbocycles. The fraction of sp³-hybridized carbons (Fsp3) is 0.357. The van der Waals surface area contributed by atoms with Crippen LogP contribution < -0.4 is 29.9 Å². The van der Waals surface area contributed by atoms with E-state index < -0.39 is 126 Å². The molecule has 12 rings (SSSR count). The number of nitrogens with zero attached hydrogens (tertiary/aromatic N) is 10. The van der Waals surface area contributed by atoms with Crippen molar-refractivity contribution in [3.8, 4) is 11.5 Å². The summed E-state index contributed by atoms with van der Waals surface area (Å²) in [6.45, 7) is -1.75. The van der Waals surface area contributed by atoms with Gasteiger partial charge in [-0.25, -0.2) is 45.6 Å². The fourth-order valence-corrected chi connectivity index (χ4v) is 15.3. The zero-order valence-corrected chi connectivity index (χ0v) is 52.0. The monoisotopic (exact) mass is 1440 g/mol. The molecule has 2 saturated heterocycles. The highest BCUT2D eigenvalue weighted by Gasteiger charge is 2.45. The quantitative estimate of drug-likeness (QED) is 0.0676. The molecule has 0 radical (unpaired) electrons. The molecular formula is C56H45ClF14N12O8S4. The number of carbonyl (C=O) groups is 2. The standard InChI is InChI=1S/C28H22ClF7N6O4S2.C28H23F7N6O4S2/c29-22-21-24(39-23(38-22)15-2-3-15)40-26(47-21)41-9-10-42(48(44,45)17-6-4-16(5-7-17)27(31,32)33)19(13-41)25(43)37-12-14-1-8-20(18(30)11-14)46-28(34,35)36;29-19-11-15(1-8-21(19)45-28(33,34)35)12-37-25(42)20-14-40(26-39-24-22(46-26)13-36-23(38-24)16-2-3-16)9-10-41(20)47(43,44)18-6-4-17(5-7-18)27(30,31)32/h1,4-8,11,15,19H,2-3,9-10,12-13H2,(H,37,43);1,4-8,11,13,16,20H,2-3,9-10,12,14H2,(H,37,42)/t19-;20-/m11/s1. The predicted octanol–water partition coefficient (Wildman–Crippen LogP) is 11.1. The zero-order chi connectivity index (χ0) is 68.3. The molecule has 8 aromatic rings. The first kappa shape index (κ1) is 68.5. The van der Waals surface area contributed by atoms with Crippen LogP contribution in [-0.4, -0.2) is 131 Å². The Bertz CT molecular complexity index is 4450. The lowest BCUT2D eigenvalue weighted by atomic mass is 10.1. The van der Waals surface area contributed by atoms with Gasteiger partial charge in [-0.2, -0.15) is 44.9 Å². The second-order valence-corrected chi connectivity index (χ2v) is 27.9. The number of benzene rings is 4. The van der Waals surface area contributed by atoms with Gasteiger partial charge in [0.1, 0.15) is 28.4 Å². The first-order chi connectivity index (χ1) is 44.6. The summed E-state index contributed by atoms with van der Waals surface area (Å²) >= 11 is 8.76. The minimum Gasteiger partial charge on any atom is -0.403 e. The number of ether oxygens (including phenoxy) is 2.